The number of guanidine groups is 1. The van der Waals surface area contributed by atoms with E-state index in [1.54, 1.807) is 25.5 Å². The third-order valence-corrected chi connectivity index (χ3v) is 5.31. The summed E-state index contributed by atoms with van der Waals surface area (Å²) >= 11 is 1.77. The number of methoxy groups -OCH3 is 1. The van der Waals surface area contributed by atoms with Gasteiger partial charge < -0.3 is 15.4 Å². The molecule has 0 fully saturated rings. The van der Waals surface area contributed by atoms with Crippen LogP contribution in [0.1, 0.15) is 34.0 Å². The Bertz CT molecular complexity index is 692. The fourth-order valence-electron chi connectivity index (χ4n) is 2.59. The van der Waals surface area contributed by atoms with Crippen molar-refractivity contribution < 1.29 is 4.74 Å². The van der Waals surface area contributed by atoms with Crippen LogP contribution in [0.3, 0.4) is 0 Å². The first kappa shape index (κ1) is 19.2. The first-order chi connectivity index (χ1) is 12.0. The van der Waals surface area contributed by atoms with E-state index in [1.165, 1.54) is 15.4 Å². The van der Waals surface area contributed by atoms with Crippen molar-refractivity contribution in [2.45, 2.75) is 33.1 Å². The number of thiazole rings is 1. The minimum atomic E-state index is 0.318. The molecule has 2 aromatic rings. The summed E-state index contributed by atoms with van der Waals surface area (Å²) in [5.41, 5.74) is 2.33. The lowest BCUT2D eigenvalue weighted by Crippen LogP contribution is -2.39. The molecule has 0 aliphatic heterocycles. The molecule has 1 atom stereocenters. The first-order valence-corrected chi connectivity index (χ1v) is 9.37. The van der Waals surface area contributed by atoms with Gasteiger partial charge in [-0.2, -0.15) is 0 Å². The van der Waals surface area contributed by atoms with E-state index in [0.717, 1.165) is 36.9 Å². The number of para-hydroxylation sites is 1. The number of aryl methyl sites for hydroxylation is 2. The maximum absolute atomic E-state index is 5.45. The van der Waals surface area contributed by atoms with Crippen molar-refractivity contribution in [2.24, 2.45) is 4.99 Å². The standard InChI is InChI=1S/C19H28N4OS/c1-13(16-8-6-7-9-17(16)24-5)12-22-19(20-4)21-11-10-18-23-14(2)15(3)25-18/h6-9,13H,10-12H2,1-5H3,(H2,20,21,22). The minimum Gasteiger partial charge on any atom is -0.496 e. The van der Waals surface area contributed by atoms with E-state index in [-0.39, 0.29) is 0 Å². The van der Waals surface area contributed by atoms with Gasteiger partial charge in [-0.3, -0.25) is 4.99 Å². The van der Waals surface area contributed by atoms with Gasteiger partial charge in [-0.05, 0) is 25.5 Å². The Hall–Kier alpha value is -2.08. The largest absolute Gasteiger partial charge is 0.496 e. The van der Waals surface area contributed by atoms with Crippen LogP contribution in [0.25, 0.3) is 0 Å². The average molecular weight is 361 g/mol. The molecule has 1 aromatic heterocycles. The smallest absolute Gasteiger partial charge is 0.191 e. The Kier molecular flexibility index (Phi) is 7.25. The molecular weight excluding hydrogens is 332 g/mol. The van der Waals surface area contributed by atoms with Crippen LogP contribution in [0.2, 0.25) is 0 Å². The van der Waals surface area contributed by atoms with Crippen molar-refractivity contribution in [2.75, 3.05) is 27.2 Å². The zero-order valence-corrected chi connectivity index (χ0v) is 16.5. The third kappa shape index (κ3) is 5.46. The number of nitrogens with zero attached hydrogens (tertiary/aromatic N) is 2. The molecule has 0 aliphatic carbocycles. The highest BCUT2D eigenvalue weighted by molar-refractivity contribution is 7.11. The fourth-order valence-corrected chi connectivity index (χ4v) is 3.52. The lowest BCUT2D eigenvalue weighted by atomic mass is 10.0. The van der Waals surface area contributed by atoms with E-state index in [4.69, 9.17) is 4.74 Å². The van der Waals surface area contributed by atoms with Crippen LogP contribution in [0.4, 0.5) is 0 Å². The Balaban J connectivity index is 1.81. The molecule has 1 unspecified atom stereocenters. The maximum Gasteiger partial charge on any atom is 0.191 e. The number of nitrogens with one attached hydrogen (secondary N) is 2. The van der Waals surface area contributed by atoms with E-state index < -0.39 is 0 Å². The second kappa shape index (κ2) is 9.42. The van der Waals surface area contributed by atoms with Crippen LogP contribution in [0.15, 0.2) is 29.3 Å². The van der Waals surface area contributed by atoms with Crippen LogP contribution in [0, 0.1) is 13.8 Å². The van der Waals surface area contributed by atoms with Gasteiger partial charge in [0.15, 0.2) is 5.96 Å². The topological polar surface area (TPSA) is 58.5 Å². The first-order valence-electron chi connectivity index (χ1n) is 8.55. The number of benzene rings is 1. The Morgan fingerprint density at radius 1 is 1.28 bits per heavy atom. The molecule has 2 rings (SSSR count). The van der Waals surface area contributed by atoms with Gasteiger partial charge in [0, 0.05) is 37.4 Å². The molecule has 25 heavy (non-hydrogen) atoms. The predicted octanol–water partition coefficient (Wildman–Crippen LogP) is 3.28. The molecule has 5 nitrogen and oxygen atoms in total. The normalized spacial score (nSPS) is 12.8. The van der Waals surface area contributed by atoms with E-state index >= 15 is 0 Å². The maximum atomic E-state index is 5.45. The van der Waals surface area contributed by atoms with Crippen molar-refractivity contribution >= 4 is 17.3 Å². The van der Waals surface area contributed by atoms with Crippen LogP contribution in [-0.4, -0.2) is 38.2 Å². The fraction of sp³-hybridized carbons (Fsp3) is 0.474. The van der Waals surface area contributed by atoms with Gasteiger partial charge in [-0.1, -0.05) is 25.1 Å². The molecule has 2 N–H and O–H groups in total. The molecule has 0 saturated carbocycles. The number of hydrogen-bond donors (Lipinski definition) is 2. The monoisotopic (exact) mass is 360 g/mol. The highest BCUT2D eigenvalue weighted by Crippen LogP contribution is 2.25. The second-order valence-electron chi connectivity index (χ2n) is 6.02. The molecule has 0 bridgehead atoms. The molecule has 6 heteroatoms. The molecule has 0 aliphatic rings. The van der Waals surface area contributed by atoms with Gasteiger partial charge in [0.05, 0.1) is 17.8 Å². The number of rotatable bonds is 7. The van der Waals surface area contributed by atoms with Crippen LogP contribution in [0.5, 0.6) is 5.75 Å². The Morgan fingerprint density at radius 2 is 2.04 bits per heavy atom. The SMILES string of the molecule is CN=C(NCCc1nc(C)c(C)s1)NCC(C)c1ccccc1OC. The molecule has 1 heterocycles. The summed E-state index contributed by atoms with van der Waals surface area (Å²) in [5, 5.41) is 7.91. The molecular formula is C19H28N4OS. The summed E-state index contributed by atoms with van der Waals surface area (Å²) in [6.07, 6.45) is 0.905. The average Bonchev–Trinajstić information content (AvgIpc) is 2.95. The van der Waals surface area contributed by atoms with E-state index in [0.29, 0.717) is 5.92 Å². The second-order valence-corrected chi connectivity index (χ2v) is 7.31. The molecule has 0 saturated heterocycles. The summed E-state index contributed by atoms with van der Waals surface area (Å²) in [6.45, 7) is 7.95. The summed E-state index contributed by atoms with van der Waals surface area (Å²) in [6, 6.07) is 8.13. The van der Waals surface area contributed by atoms with Crippen molar-refractivity contribution in [1.29, 1.82) is 0 Å². The lowest BCUT2D eigenvalue weighted by Gasteiger charge is -2.18. The van der Waals surface area contributed by atoms with Crippen molar-refractivity contribution in [3.63, 3.8) is 0 Å². The molecule has 136 valence electrons. The summed E-state index contributed by atoms with van der Waals surface area (Å²) in [4.78, 5) is 10.2. The summed E-state index contributed by atoms with van der Waals surface area (Å²) in [5.74, 6) is 2.06. The number of aromatic nitrogens is 1. The highest BCUT2D eigenvalue weighted by atomic mass is 32.1. The highest BCUT2D eigenvalue weighted by Gasteiger charge is 2.11. The van der Waals surface area contributed by atoms with Crippen molar-refractivity contribution in [3.05, 3.63) is 45.4 Å². The van der Waals surface area contributed by atoms with E-state index in [1.807, 2.05) is 18.2 Å². The van der Waals surface area contributed by atoms with E-state index in [2.05, 4.69) is 47.4 Å². The van der Waals surface area contributed by atoms with Crippen molar-refractivity contribution in [1.82, 2.24) is 15.6 Å². The predicted molar refractivity (Wildman–Crippen MR) is 106 cm³/mol. The Morgan fingerprint density at radius 3 is 2.68 bits per heavy atom. The van der Waals surface area contributed by atoms with Gasteiger partial charge in [-0.15, -0.1) is 11.3 Å². The minimum absolute atomic E-state index is 0.318. The van der Waals surface area contributed by atoms with Crippen LogP contribution < -0.4 is 15.4 Å². The van der Waals surface area contributed by atoms with Gasteiger partial charge in [0.25, 0.3) is 0 Å². The number of aliphatic imine (C=N–C) groups is 1. The van der Waals surface area contributed by atoms with Gasteiger partial charge in [0.1, 0.15) is 5.75 Å². The third-order valence-electron chi connectivity index (χ3n) is 4.17. The summed E-state index contributed by atoms with van der Waals surface area (Å²) < 4.78 is 5.45. The molecule has 0 spiro atoms. The van der Waals surface area contributed by atoms with Gasteiger partial charge >= 0.3 is 0 Å². The number of ether oxygens (including phenoxy) is 1. The zero-order valence-electron chi connectivity index (χ0n) is 15.7. The molecule has 0 radical (unpaired) electrons. The van der Waals surface area contributed by atoms with E-state index in [9.17, 15) is 0 Å². The summed E-state index contributed by atoms with van der Waals surface area (Å²) in [7, 11) is 3.50. The number of hydrogen-bond acceptors (Lipinski definition) is 4. The lowest BCUT2D eigenvalue weighted by molar-refractivity contribution is 0.406. The quantitative estimate of drug-likeness (QED) is 0.588. The van der Waals surface area contributed by atoms with Gasteiger partial charge in [0.2, 0.25) is 0 Å². The van der Waals surface area contributed by atoms with Crippen molar-refractivity contribution in [3.8, 4) is 5.75 Å². The Labute approximate surface area is 154 Å². The molecule has 0 amide bonds. The molecule has 1 aromatic carbocycles. The van der Waals surface area contributed by atoms with Crippen LogP contribution >= 0.6 is 11.3 Å². The van der Waals surface area contributed by atoms with Gasteiger partial charge in [-0.25, -0.2) is 4.98 Å². The zero-order chi connectivity index (χ0) is 18.2. The van der Waals surface area contributed by atoms with Crippen LogP contribution in [-0.2, 0) is 6.42 Å².